The molecule has 0 atom stereocenters. The van der Waals surface area contributed by atoms with Crippen molar-refractivity contribution in [1.29, 1.82) is 0 Å². The quantitative estimate of drug-likeness (QED) is 0.676. The van der Waals surface area contributed by atoms with E-state index in [1.54, 1.807) is 4.68 Å². The third-order valence-electron chi connectivity index (χ3n) is 2.71. The van der Waals surface area contributed by atoms with Gasteiger partial charge in [0.25, 0.3) is 0 Å². The van der Waals surface area contributed by atoms with Crippen molar-refractivity contribution in [3.8, 4) is 0 Å². The van der Waals surface area contributed by atoms with Gasteiger partial charge in [-0.15, -0.1) is 5.10 Å². The normalized spacial score (nSPS) is 10.9. The Morgan fingerprint density at radius 3 is 2.78 bits per heavy atom. The SMILES string of the molecule is Clc1ncnc2c1nnn2CCc1ccccc1. The summed E-state index contributed by atoms with van der Waals surface area (Å²) in [5, 5.41) is 8.38. The number of hydrogen-bond donors (Lipinski definition) is 0. The highest BCUT2D eigenvalue weighted by Crippen LogP contribution is 2.15. The lowest BCUT2D eigenvalue weighted by atomic mass is 10.1. The molecule has 3 aromatic rings. The van der Waals surface area contributed by atoms with E-state index < -0.39 is 0 Å². The Kier molecular flexibility index (Phi) is 2.90. The van der Waals surface area contributed by atoms with E-state index in [-0.39, 0.29) is 0 Å². The van der Waals surface area contributed by atoms with Crippen LogP contribution in [0.4, 0.5) is 0 Å². The van der Waals surface area contributed by atoms with E-state index in [9.17, 15) is 0 Å². The van der Waals surface area contributed by atoms with Crippen LogP contribution >= 0.6 is 11.6 Å². The topological polar surface area (TPSA) is 56.5 Å². The van der Waals surface area contributed by atoms with Gasteiger partial charge in [0.15, 0.2) is 16.3 Å². The maximum Gasteiger partial charge on any atom is 0.183 e. The summed E-state index contributed by atoms with van der Waals surface area (Å²) in [5.41, 5.74) is 2.47. The molecule has 0 N–H and O–H groups in total. The predicted molar refractivity (Wildman–Crippen MR) is 68.3 cm³/mol. The van der Waals surface area contributed by atoms with Gasteiger partial charge in [0.1, 0.15) is 6.33 Å². The van der Waals surface area contributed by atoms with E-state index >= 15 is 0 Å². The summed E-state index contributed by atoms with van der Waals surface area (Å²) < 4.78 is 1.75. The minimum absolute atomic E-state index is 0.339. The Bertz CT molecular complexity index is 665. The summed E-state index contributed by atoms with van der Waals surface area (Å²) in [6.45, 7) is 0.716. The van der Waals surface area contributed by atoms with Crippen LogP contribution in [0.15, 0.2) is 36.7 Å². The lowest BCUT2D eigenvalue weighted by Crippen LogP contribution is -2.04. The molecule has 0 aliphatic rings. The van der Waals surface area contributed by atoms with Crippen molar-refractivity contribution in [2.75, 3.05) is 0 Å². The largest absolute Gasteiger partial charge is 0.227 e. The predicted octanol–water partition coefficient (Wildman–Crippen LogP) is 2.12. The Morgan fingerprint density at radius 1 is 1.11 bits per heavy atom. The molecule has 90 valence electrons. The molecular formula is C12H10ClN5. The Balaban J connectivity index is 1.85. The molecule has 6 heteroatoms. The second-order valence-electron chi connectivity index (χ2n) is 3.88. The van der Waals surface area contributed by atoms with Crippen LogP contribution in [-0.4, -0.2) is 25.0 Å². The summed E-state index contributed by atoms with van der Waals surface area (Å²) >= 11 is 5.92. The Morgan fingerprint density at radius 2 is 1.94 bits per heavy atom. The number of aryl methyl sites for hydroxylation is 2. The van der Waals surface area contributed by atoms with Crippen LogP contribution in [0, 0.1) is 0 Å². The summed E-state index contributed by atoms with van der Waals surface area (Å²) in [4.78, 5) is 8.03. The number of fused-ring (bicyclic) bond motifs is 1. The van der Waals surface area contributed by atoms with E-state index in [1.807, 2.05) is 18.2 Å². The minimum atomic E-state index is 0.339. The van der Waals surface area contributed by atoms with Crippen molar-refractivity contribution in [3.63, 3.8) is 0 Å². The minimum Gasteiger partial charge on any atom is -0.227 e. The van der Waals surface area contributed by atoms with Crippen LogP contribution in [0.3, 0.4) is 0 Å². The molecule has 5 nitrogen and oxygen atoms in total. The summed E-state index contributed by atoms with van der Waals surface area (Å²) in [5.74, 6) is 0. The maximum absolute atomic E-state index is 5.92. The smallest absolute Gasteiger partial charge is 0.183 e. The van der Waals surface area contributed by atoms with E-state index in [2.05, 4.69) is 32.4 Å². The van der Waals surface area contributed by atoms with Crippen LogP contribution in [0.5, 0.6) is 0 Å². The van der Waals surface area contributed by atoms with Gasteiger partial charge in [0.2, 0.25) is 0 Å². The highest BCUT2D eigenvalue weighted by molar-refractivity contribution is 6.33. The van der Waals surface area contributed by atoms with Crippen molar-refractivity contribution in [1.82, 2.24) is 25.0 Å². The van der Waals surface area contributed by atoms with Gasteiger partial charge >= 0.3 is 0 Å². The Hall–Kier alpha value is -2.01. The molecule has 0 radical (unpaired) electrons. The molecule has 1 aromatic carbocycles. The molecule has 0 saturated carbocycles. The van der Waals surface area contributed by atoms with Gasteiger partial charge in [-0.3, -0.25) is 0 Å². The third kappa shape index (κ3) is 2.04. The second-order valence-corrected chi connectivity index (χ2v) is 4.24. The molecule has 0 saturated heterocycles. The highest BCUT2D eigenvalue weighted by atomic mass is 35.5. The third-order valence-corrected chi connectivity index (χ3v) is 2.99. The molecular weight excluding hydrogens is 250 g/mol. The first-order valence-corrected chi connectivity index (χ1v) is 5.96. The fraction of sp³-hybridized carbons (Fsp3) is 0.167. The van der Waals surface area contributed by atoms with Gasteiger partial charge in [0, 0.05) is 6.54 Å². The van der Waals surface area contributed by atoms with E-state index in [0.717, 1.165) is 6.42 Å². The molecule has 2 heterocycles. The molecule has 2 aromatic heterocycles. The first kappa shape index (κ1) is 11.1. The van der Waals surface area contributed by atoms with Crippen LogP contribution in [0.25, 0.3) is 11.2 Å². The van der Waals surface area contributed by atoms with Gasteiger partial charge in [0.05, 0.1) is 0 Å². The highest BCUT2D eigenvalue weighted by Gasteiger charge is 2.09. The van der Waals surface area contributed by atoms with Gasteiger partial charge < -0.3 is 0 Å². The number of nitrogens with zero attached hydrogens (tertiary/aromatic N) is 5. The number of hydrogen-bond acceptors (Lipinski definition) is 4. The van der Waals surface area contributed by atoms with Gasteiger partial charge in [-0.1, -0.05) is 47.1 Å². The Labute approximate surface area is 108 Å². The van der Waals surface area contributed by atoms with Crippen LogP contribution in [0.2, 0.25) is 5.15 Å². The van der Waals surface area contributed by atoms with Crippen LogP contribution < -0.4 is 0 Å². The lowest BCUT2D eigenvalue weighted by molar-refractivity contribution is 0.602. The van der Waals surface area contributed by atoms with Crippen molar-refractivity contribution >= 4 is 22.8 Å². The first-order chi connectivity index (χ1) is 8.84. The number of rotatable bonds is 3. The standard InChI is InChI=1S/C12H10ClN5/c13-11-10-12(15-8-14-11)18(17-16-10)7-6-9-4-2-1-3-5-9/h1-5,8H,6-7H2. The fourth-order valence-electron chi connectivity index (χ4n) is 1.80. The molecule has 0 amide bonds. The summed E-state index contributed by atoms with van der Waals surface area (Å²) in [6.07, 6.45) is 2.30. The van der Waals surface area contributed by atoms with Crippen molar-refractivity contribution < 1.29 is 0 Å². The molecule has 18 heavy (non-hydrogen) atoms. The first-order valence-electron chi connectivity index (χ1n) is 5.58. The van der Waals surface area contributed by atoms with Crippen LogP contribution in [0.1, 0.15) is 5.56 Å². The van der Waals surface area contributed by atoms with Crippen molar-refractivity contribution in [3.05, 3.63) is 47.4 Å². The molecule has 0 bridgehead atoms. The number of halogens is 1. The lowest BCUT2D eigenvalue weighted by Gasteiger charge is -2.01. The maximum atomic E-state index is 5.92. The molecule has 0 aliphatic carbocycles. The van der Waals surface area contributed by atoms with Crippen LogP contribution in [-0.2, 0) is 13.0 Å². The average molecular weight is 260 g/mol. The second kappa shape index (κ2) is 4.70. The molecule has 3 rings (SSSR count). The molecule has 0 spiro atoms. The zero-order valence-electron chi connectivity index (χ0n) is 9.49. The van der Waals surface area contributed by atoms with Gasteiger partial charge in [-0.05, 0) is 12.0 Å². The zero-order valence-corrected chi connectivity index (χ0v) is 10.2. The summed E-state index contributed by atoms with van der Waals surface area (Å²) in [7, 11) is 0. The van der Waals surface area contributed by atoms with Crippen molar-refractivity contribution in [2.24, 2.45) is 0 Å². The molecule has 0 unspecified atom stereocenters. The van der Waals surface area contributed by atoms with E-state index in [4.69, 9.17) is 11.6 Å². The average Bonchev–Trinajstić information content (AvgIpc) is 2.82. The number of aromatic nitrogens is 5. The van der Waals surface area contributed by atoms with Gasteiger partial charge in [-0.25, -0.2) is 14.6 Å². The van der Waals surface area contributed by atoms with Crippen molar-refractivity contribution in [2.45, 2.75) is 13.0 Å². The molecule has 0 aliphatic heterocycles. The molecule has 0 fully saturated rings. The van der Waals surface area contributed by atoms with E-state index in [0.29, 0.717) is 22.9 Å². The van der Waals surface area contributed by atoms with Gasteiger partial charge in [-0.2, -0.15) is 0 Å². The monoisotopic (exact) mass is 259 g/mol. The number of benzene rings is 1. The zero-order chi connectivity index (χ0) is 12.4. The van der Waals surface area contributed by atoms with E-state index in [1.165, 1.54) is 11.9 Å². The summed E-state index contributed by atoms with van der Waals surface area (Å²) in [6, 6.07) is 10.2. The fourth-order valence-corrected chi connectivity index (χ4v) is 1.96.